The SMILES string of the molecule is Cc1cc(N2CCOc3cc(S(=O)(=O)Nc4nccs4)ccc32)ccc1Cl.O=C(O)C(F)(F)F. The van der Waals surface area contributed by atoms with Gasteiger partial charge in [-0.2, -0.15) is 13.2 Å². The van der Waals surface area contributed by atoms with Crippen LogP contribution in [-0.2, 0) is 14.8 Å². The summed E-state index contributed by atoms with van der Waals surface area (Å²) >= 11 is 7.35. The average molecular weight is 536 g/mol. The highest BCUT2D eigenvalue weighted by Crippen LogP contribution is 2.39. The van der Waals surface area contributed by atoms with E-state index >= 15 is 0 Å². The number of rotatable bonds is 4. The van der Waals surface area contributed by atoms with Crippen molar-refractivity contribution in [2.24, 2.45) is 0 Å². The third kappa shape index (κ3) is 6.10. The van der Waals surface area contributed by atoms with Gasteiger partial charge in [-0.1, -0.05) is 11.6 Å². The van der Waals surface area contributed by atoms with Crippen LogP contribution in [-0.4, -0.2) is 43.8 Å². The van der Waals surface area contributed by atoms with Crippen LogP contribution in [0, 0.1) is 6.92 Å². The van der Waals surface area contributed by atoms with Crippen LogP contribution in [0.4, 0.5) is 29.7 Å². The molecule has 0 atom stereocenters. The number of thiazole rings is 1. The second kappa shape index (κ2) is 10.1. The lowest BCUT2D eigenvalue weighted by Crippen LogP contribution is -2.28. The molecule has 0 fully saturated rings. The summed E-state index contributed by atoms with van der Waals surface area (Å²) < 4.78 is 65.1. The molecule has 8 nitrogen and oxygen atoms in total. The zero-order valence-electron chi connectivity index (χ0n) is 17.3. The van der Waals surface area contributed by atoms with Gasteiger partial charge in [0.1, 0.15) is 12.4 Å². The van der Waals surface area contributed by atoms with Crippen molar-refractivity contribution in [1.82, 2.24) is 4.98 Å². The van der Waals surface area contributed by atoms with Crippen LogP contribution in [0.3, 0.4) is 0 Å². The van der Waals surface area contributed by atoms with E-state index in [-0.39, 0.29) is 4.90 Å². The van der Waals surface area contributed by atoms with Crippen molar-refractivity contribution in [1.29, 1.82) is 0 Å². The first-order valence-corrected chi connectivity index (χ1v) is 12.2. The summed E-state index contributed by atoms with van der Waals surface area (Å²) in [7, 11) is -3.73. The Morgan fingerprint density at radius 1 is 1.26 bits per heavy atom. The zero-order valence-corrected chi connectivity index (χ0v) is 19.7. The van der Waals surface area contributed by atoms with E-state index in [0.29, 0.717) is 29.1 Å². The third-order valence-corrected chi connectivity index (χ3v) is 7.03. The number of ether oxygens (including phenoxy) is 1. The number of anilines is 3. The molecule has 0 spiro atoms. The fourth-order valence-corrected chi connectivity index (χ4v) is 4.80. The first kappa shape index (κ1) is 25.6. The monoisotopic (exact) mass is 535 g/mol. The highest BCUT2D eigenvalue weighted by atomic mass is 35.5. The lowest BCUT2D eigenvalue weighted by Gasteiger charge is -2.31. The van der Waals surface area contributed by atoms with Crippen molar-refractivity contribution in [3.8, 4) is 5.75 Å². The second-order valence-corrected chi connectivity index (χ2v) is 9.79. The summed E-state index contributed by atoms with van der Waals surface area (Å²) in [4.78, 5) is 15.1. The molecule has 3 aromatic rings. The molecule has 0 saturated carbocycles. The van der Waals surface area contributed by atoms with Gasteiger partial charge in [-0.25, -0.2) is 18.2 Å². The fourth-order valence-electron chi connectivity index (χ4n) is 2.88. The number of nitrogens with one attached hydrogen (secondary N) is 1. The quantitative estimate of drug-likeness (QED) is 0.480. The molecule has 14 heteroatoms. The molecule has 1 aliphatic rings. The zero-order chi connectivity index (χ0) is 25.1. The van der Waals surface area contributed by atoms with Gasteiger partial charge in [0.15, 0.2) is 5.13 Å². The fraction of sp³-hybridized carbons (Fsp3) is 0.200. The summed E-state index contributed by atoms with van der Waals surface area (Å²) in [6, 6.07) is 10.7. The lowest BCUT2D eigenvalue weighted by molar-refractivity contribution is -0.192. The summed E-state index contributed by atoms with van der Waals surface area (Å²) in [5.41, 5.74) is 2.78. The predicted octanol–water partition coefficient (Wildman–Crippen LogP) is 5.07. The van der Waals surface area contributed by atoms with E-state index in [1.165, 1.54) is 11.3 Å². The van der Waals surface area contributed by atoms with Crippen molar-refractivity contribution in [3.63, 3.8) is 0 Å². The van der Waals surface area contributed by atoms with Crippen LogP contribution in [0.15, 0.2) is 52.9 Å². The lowest BCUT2D eigenvalue weighted by atomic mass is 10.1. The minimum atomic E-state index is -5.08. The number of alkyl halides is 3. The van der Waals surface area contributed by atoms with Crippen LogP contribution < -0.4 is 14.4 Å². The number of hydrogen-bond donors (Lipinski definition) is 2. The van der Waals surface area contributed by atoms with Gasteiger partial charge in [-0.05, 0) is 42.8 Å². The maximum absolute atomic E-state index is 12.6. The highest BCUT2D eigenvalue weighted by Gasteiger charge is 2.38. The van der Waals surface area contributed by atoms with E-state index in [0.717, 1.165) is 16.9 Å². The Bertz CT molecular complexity index is 1290. The smallest absolute Gasteiger partial charge is 0.489 e. The number of carbonyl (C=O) groups is 1. The molecule has 0 unspecified atom stereocenters. The molecule has 2 aromatic carbocycles. The minimum Gasteiger partial charge on any atom is -0.489 e. The number of hydrogen-bond acceptors (Lipinski definition) is 7. The van der Waals surface area contributed by atoms with E-state index in [4.69, 9.17) is 26.2 Å². The Labute approximate surface area is 201 Å². The van der Waals surface area contributed by atoms with Gasteiger partial charge in [0.05, 0.1) is 17.1 Å². The largest absolute Gasteiger partial charge is 0.490 e. The van der Waals surface area contributed by atoms with Crippen LogP contribution in [0.25, 0.3) is 0 Å². The molecule has 0 amide bonds. The number of aliphatic carboxylic acids is 1. The van der Waals surface area contributed by atoms with Gasteiger partial charge in [0, 0.05) is 28.4 Å². The average Bonchev–Trinajstić information content (AvgIpc) is 3.27. The summed E-state index contributed by atoms with van der Waals surface area (Å²) in [6.07, 6.45) is -3.54. The Kier molecular flexibility index (Phi) is 7.58. The number of nitrogens with zero attached hydrogens (tertiary/aromatic N) is 2. The van der Waals surface area contributed by atoms with E-state index < -0.39 is 22.2 Å². The van der Waals surface area contributed by atoms with Crippen LogP contribution in [0.5, 0.6) is 5.75 Å². The number of benzene rings is 2. The molecule has 2 N–H and O–H groups in total. The van der Waals surface area contributed by atoms with Crippen LogP contribution >= 0.6 is 22.9 Å². The Balaban J connectivity index is 0.000000406. The van der Waals surface area contributed by atoms with Crippen molar-refractivity contribution < 1.29 is 36.2 Å². The standard InChI is InChI=1S/C18H16ClN3O3S2.C2HF3O2/c1-12-10-13(2-4-15(12)19)22-7-8-25-17-11-14(3-5-16(17)22)27(23,24)21-18-20-6-9-26-18;3-2(4,5)1(6)7/h2-6,9-11H,7-8H2,1H3,(H,20,21);(H,6,7). The van der Waals surface area contributed by atoms with Crippen LogP contribution in [0.2, 0.25) is 5.02 Å². The molecule has 0 aliphatic carbocycles. The predicted molar refractivity (Wildman–Crippen MR) is 122 cm³/mol. The molecule has 0 bridgehead atoms. The van der Waals surface area contributed by atoms with E-state index in [2.05, 4.69) is 14.6 Å². The second-order valence-electron chi connectivity index (χ2n) is 6.81. The van der Waals surface area contributed by atoms with Gasteiger partial charge >= 0.3 is 12.1 Å². The van der Waals surface area contributed by atoms with Gasteiger partial charge < -0.3 is 14.7 Å². The molecule has 0 radical (unpaired) electrons. The molecule has 4 rings (SSSR count). The van der Waals surface area contributed by atoms with Gasteiger partial charge in [-0.15, -0.1) is 11.3 Å². The number of fused-ring (bicyclic) bond motifs is 1. The number of halogens is 4. The molecule has 2 heterocycles. The number of carboxylic acids is 1. The molecule has 34 heavy (non-hydrogen) atoms. The molecule has 1 aliphatic heterocycles. The first-order chi connectivity index (χ1) is 15.9. The normalized spacial score (nSPS) is 13.3. The molecular formula is C20H17ClF3N3O5S2. The van der Waals surface area contributed by atoms with E-state index in [1.54, 1.807) is 29.8 Å². The highest BCUT2D eigenvalue weighted by molar-refractivity contribution is 7.93. The molecule has 0 saturated heterocycles. The van der Waals surface area contributed by atoms with Gasteiger partial charge in [0.2, 0.25) is 0 Å². The van der Waals surface area contributed by atoms with E-state index in [9.17, 15) is 21.6 Å². The minimum absolute atomic E-state index is 0.130. The number of carboxylic acid groups (broad SMARTS) is 1. The Morgan fingerprint density at radius 2 is 1.97 bits per heavy atom. The third-order valence-electron chi connectivity index (χ3n) is 4.45. The topological polar surface area (TPSA) is 109 Å². The Morgan fingerprint density at radius 3 is 2.56 bits per heavy atom. The molecular weight excluding hydrogens is 519 g/mol. The maximum Gasteiger partial charge on any atom is 0.490 e. The Hall–Kier alpha value is -3.03. The van der Waals surface area contributed by atoms with Crippen molar-refractivity contribution in [2.75, 3.05) is 22.8 Å². The van der Waals surface area contributed by atoms with Crippen molar-refractivity contribution in [2.45, 2.75) is 18.0 Å². The van der Waals surface area contributed by atoms with E-state index in [1.807, 2.05) is 25.1 Å². The maximum atomic E-state index is 12.6. The molecule has 182 valence electrons. The number of aromatic nitrogens is 1. The van der Waals surface area contributed by atoms with Gasteiger partial charge in [-0.3, -0.25) is 4.72 Å². The summed E-state index contributed by atoms with van der Waals surface area (Å²) in [5.74, 6) is -2.23. The van der Waals surface area contributed by atoms with Crippen molar-refractivity contribution >= 4 is 55.4 Å². The first-order valence-electron chi connectivity index (χ1n) is 9.41. The number of aryl methyl sites for hydroxylation is 1. The van der Waals surface area contributed by atoms with Crippen LogP contribution in [0.1, 0.15) is 5.56 Å². The summed E-state index contributed by atoms with van der Waals surface area (Å²) in [6.45, 7) is 3.07. The van der Waals surface area contributed by atoms with Gasteiger partial charge in [0.25, 0.3) is 10.0 Å². The molecule has 1 aromatic heterocycles. The number of sulfonamides is 1. The van der Waals surface area contributed by atoms with Crippen molar-refractivity contribution in [3.05, 3.63) is 58.6 Å². The summed E-state index contributed by atoms with van der Waals surface area (Å²) in [5, 5.41) is 9.87.